The van der Waals surface area contributed by atoms with Crippen molar-refractivity contribution >= 4 is 0 Å². The van der Waals surface area contributed by atoms with Crippen LogP contribution in [0.5, 0.6) is 0 Å². The van der Waals surface area contributed by atoms with Gasteiger partial charge in [0.05, 0.1) is 6.61 Å². The van der Waals surface area contributed by atoms with Gasteiger partial charge < -0.3 is 10.1 Å². The number of ether oxygens (including phenoxy) is 1. The maximum absolute atomic E-state index is 5.22. The van der Waals surface area contributed by atoms with Crippen LogP contribution < -0.4 is 5.32 Å². The molecule has 0 spiro atoms. The Balaban J connectivity index is 2.02. The Morgan fingerprint density at radius 3 is 2.67 bits per heavy atom. The van der Waals surface area contributed by atoms with Crippen molar-refractivity contribution in [3.63, 3.8) is 0 Å². The highest BCUT2D eigenvalue weighted by molar-refractivity contribution is 5.22. The zero-order valence-electron chi connectivity index (χ0n) is 11.6. The molecule has 1 aromatic carbocycles. The van der Waals surface area contributed by atoms with E-state index in [2.05, 4.69) is 42.6 Å². The number of rotatable bonds is 5. The molecule has 0 aliphatic heterocycles. The van der Waals surface area contributed by atoms with Gasteiger partial charge >= 0.3 is 0 Å². The molecule has 1 fully saturated rings. The van der Waals surface area contributed by atoms with Crippen LogP contribution >= 0.6 is 0 Å². The normalized spacial score (nSPS) is 25.9. The number of benzene rings is 1. The predicted octanol–water partition coefficient (Wildman–Crippen LogP) is 3.34. The molecule has 1 saturated carbocycles. The van der Waals surface area contributed by atoms with Gasteiger partial charge in [-0.15, -0.1) is 0 Å². The Morgan fingerprint density at radius 2 is 1.94 bits per heavy atom. The van der Waals surface area contributed by atoms with Crippen molar-refractivity contribution in [3.05, 3.63) is 35.9 Å². The molecule has 0 aromatic heterocycles. The zero-order chi connectivity index (χ0) is 12.8. The monoisotopic (exact) mass is 247 g/mol. The standard InChI is InChI=1S/C16H25NO/c1-13(12-18-2)17-16-11-7-6-10-15(16)14-8-4-3-5-9-14/h3-5,8-9,13,15-17H,6-7,10-12H2,1-2H3. The van der Waals surface area contributed by atoms with Crippen molar-refractivity contribution < 1.29 is 4.74 Å². The van der Waals surface area contributed by atoms with E-state index >= 15 is 0 Å². The third kappa shape index (κ3) is 3.56. The summed E-state index contributed by atoms with van der Waals surface area (Å²) in [6.07, 6.45) is 5.30. The molecule has 3 atom stereocenters. The Labute approximate surface area is 111 Å². The highest BCUT2D eigenvalue weighted by Crippen LogP contribution is 2.33. The lowest BCUT2D eigenvalue weighted by atomic mass is 9.80. The van der Waals surface area contributed by atoms with Gasteiger partial charge in [-0.25, -0.2) is 0 Å². The van der Waals surface area contributed by atoms with Crippen molar-refractivity contribution in [2.75, 3.05) is 13.7 Å². The van der Waals surface area contributed by atoms with Crippen molar-refractivity contribution in [2.24, 2.45) is 0 Å². The van der Waals surface area contributed by atoms with Crippen LogP contribution in [-0.4, -0.2) is 25.8 Å². The van der Waals surface area contributed by atoms with Gasteiger partial charge in [-0.2, -0.15) is 0 Å². The van der Waals surface area contributed by atoms with Crippen LogP contribution in [-0.2, 0) is 4.74 Å². The Kier molecular flexibility index (Phi) is 5.21. The van der Waals surface area contributed by atoms with Crippen LogP contribution in [0.15, 0.2) is 30.3 Å². The van der Waals surface area contributed by atoms with E-state index in [4.69, 9.17) is 4.74 Å². The first kappa shape index (κ1) is 13.6. The molecular weight excluding hydrogens is 222 g/mol. The average molecular weight is 247 g/mol. The van der Waals surface area contributed by atoms with Gasteiger partial charge in [-0.1, -0.05) is 43.2 Å². The smallest absolute Gasteiger partial charge is 0.0613 e. The molecule has 1 aromatic rings. The van der Waals surface area contributed by atoms with E-state index in [0.29, 0.717) is 18.0 Å². The van der Waals surface area contributed by atoms with Gasteiger partial charge in [0, 0.05) is 19.2 Å². The summed E-state index contributed by atoms with van der Waals surface area (Å²) < 4.78 is 5.22. The van der Waals surface area contributed by atoms with Gasteiger partial charge in [-0.05, 0) is 31.2 Å². The van der Waals surface area contributed by atoms with Crippen molar-refractivity contribution in [3.8, 4) is 0 Å². The fourth-order valence-corrected chi connectivity index (χ4v) is 3.09. The minimum atomic E-state index is 0.435. The molecule has 0 heterocycles. The predicted molar refractivity (Wildman–Crippen MR) is 75.9 cm³/mol. The van der Waals surface area contributed by atoms with E-state index in [9.17, 15) is 0 Å². The van der Waals surface area contributed by atoms with Crippen LogP contribution in [0, 0.1) is 0 Å². The Hall–Kier alpha value is -0.860. The Bertz CT molecular complexity index is 338. The summed E-state index contributed by atoms with van der Waals surface area (Å²) in [5.41, 5.74) is 1.49. The lowest BCUT2D eigenvalue weighted by Crippen LogP contribution is -2.43. The second-order valence-electron chi connectivity index (χ2n) is 5.43. The maximum atomic E-state index is 5.22. The fraction of sp³-hybridized carbons (Fsp3) is 0.625. The highest BCUT2D eigenvalue weighted by Gasteiger charge is 2.27. The van der Waals surface area contributed by atoms with E-state index < -0.39 is 0 Å². The summed E-state index contributed by atoms with van der Waals surface area (Å²) in [5, 5.41) is 3.74. The summed E-state index contributed by atoms with van der Waals surface area (Å²) in [4.78, 5) is 0. The molecule has 1 aliphatic rings. The molecule has 1 aliphatic carbocycles. The highest BCUT2D eigenvalue weighted by atomic mass is 16.5. The third-order valence-corrected chi connectivity index (χ3v) is 3.91. The number of hydrogen-bond acceptors (Lipinski definition) is 2. The third-order valence-electron chi connectivity index (χ3n) is 3.91. The lowest BCUT2D eigenvalue weighted by Gasteiger charge is -2.34. The molecule has 0 bridgehead atoms. The van der Waals surface area contributed by atoms with Gasteiger partial charge in [0.2, 0.25) is 0 Å². The van der Waals surface area contributed by atoms with E-state index in [-0.39, 0.29) is 0 Å². The molecule has 0 amide bonds. The molecule has 100 valence electrons. The number of methoxy groups -OCH3 is 1. The molecule has 2 heteroatoms. The van der Waals surface area contributed by atoms with Crippen molar-refractivity contribution in [1.82, 2.24) is 5.32 Å². The molecule has 0 radical (unpaired) electrons. The topological polar surface area (TPSA) is 21.3 Å². The molecule has 1 N–H and O–H groups in total. The molecule has 3 unspecified atom stereocenters. The lowest BCUT2D eigenvalue weighted by molar-refractivity contribution is 0.158. The summed E-state index contributed by atoms with van der Waals surface area (Å²) in [6.45, 7) is 3.00. The fourth-order valence-electron chi connectivity index (χ4n) is 3.09. The van der Waals surface area contributed by atoms with E-state index in [1.165, 1.54) is 31.2 Å². The van der Waals surface area contributed by atoms with Gasteiger partial charge in [-0.3, -0.25) is 0 Å². The summed E-state index contributed by atoms with van der Waals surface area (Å²) in [7, 11) is 1.77. The van der Waals surface area contributed by atoms with Crippen molar-refractivity contribution in [2.45, 2.75) is 50.6 Å². The van der Waals surface area contributed by atoms with Crippen LogP contribution in [0.2, 0.25) is 0 Å². The van der Waals surface area contributed by atoms with Crippen LogP contribution in [0.4, 0.5) is 0 Å². The van der Waals surface area contributed by atoms with Gasteiger partial charge in [0.15, 0.2) is 0 Å². The first-order chi connectivity index (χ1) is 8.81. The van der Waals surface area contributed by atoms with Crippen LogP contribution in [0.1, 0.15) is 44.1 Å². The van der Waals surface area contributed by atoms with E-state index in [1.807, 2.05) is 0 Å². The molecule has 2 rings (SSSR count). The molecule has 0 saturated heterocycles. The van der Waals surface area contributed by atoms with E-state index in [1.54, 1.807) is 7.11 Å². The number of nitrogens with one attached hydrogen (secondary N) is 1. The summed E-state index contributed by atoms with van der Waals surface area (Å²) in [5.74, 6) is 0.666. The quantitative estimate of drug-likeness (QED) is 0.861. The first-order valence-electron chi connectivity index (χ1n) is 7.11. The Morgan fingerprint density at radius 1 is 1.22 bits per heavy atom. The summed E-state index contributed by atoms with van der Waals surface area (Å²) in [6, 6.07) is 12.0. The second-order valence-corrected chi connectivity index (χ2v) is 5.43. The zero-order valence-corrected chi connectivity index (χ0v) is 11.6. The minimum absolute atomic E-state index is 0.435. The van der Waals surface area contributed by atoms with Gasteiger partial charge in [0.25, 0.3) is 0 Å². The first-order valence-corrected chi connectivity index (χ1v) is 7.11. The summed E-state index contributed by atoms with van der Waals surface area (Å²) >= 11 is 0. The second kappa shape index (κ2) is 6.91. The SMILES string of the molecule is COCC(C)NC1CCCCC1c1ccccc1. The molecule has 18 heavy (non-hydrogen) atoms. The van der Waals surface area contributed by atoms with Gasteiger partial charge in [0.1, 0.15) is 0 Å². The van der Waals surface area contributed by atoms with E-state index in [0.717, 1.165) is 6.61 Å². The minimum Gasteiger partial charge on any atom is -0.383 e. The van der Waals surface area contributed by atoms with Crippen molar-refractivity contribution in [1.29, 1.82) is 0 Å². The maximum Gasteiger partial charge on any atom is 0.0613 e. The number of hydrogen-bond donors (Lipinski definition) is 1. The average Bonchev–Trinajstić information content (AvgIpc) is 2.40. The molecular formula is C16H25NO. The van der Waals surface area contributed by atoms with Crippen LogP contribution in [0.25, 0.3) is 0 Å². The van der Waals surface area contributed by atoms with Crippen LogP contribution in [0.3, 0.4) is 0 Å². The largest absolute Gasteiger partial charge is 0.383 e. The molecule has 2 nitrogen and oxygen atoms in total.